The highest BCUT2D eigenvalue weighted by molar-refractivity contribution is 6.31. The highest BCUT2D eigenvalue weighted by Gasteiger charge is 2.20. The molecule has 1 aromatic rings. The van der Waals surface area contributed by atoms with Crippen molar-refractivity contribution in [1.82, 2.24) is 0 Å². The minimum absolute atomic E-state index is 0.275. The van der Waals surface area contributed by atoms with Crippen molar-refractivity contribution < 1.29 is 4.39 Å². The molecule has 0 aliphatic heterocycles. The molecule has 2 N–H and O–H groups in total. The molecule has 0 aromatic heterocycles. The van der Waals surface area contributed by atoms with Crippen molar-refractivity contribution in [3.05, 3.63) is 34.6 Å². The van der Waals surface area contributed by atoms with Gasteiger partial charge in [-0.05, 0) is 31.9 Å². The SMILES string of the molecule is CCC(C)(N)Cc1c(F)cccc1Cl. The molecule has 1 nitrogen and oxygen atoms in total. The van der Waals surface area contributed by atoms with Crippen LogP contribution in [0.4, 0.5) is 4.39 Å². The first kappa shape index (κ1) is 11.5. The maximum Gasteiger partial charge on any atom is 0.127 e. The van der Waals surface area contributed by atoms with Gasteiger partial charge in [-0.25, -0.2) is 4.39 Å². The molecule has 3 heteroatoms. The molecule has 0 saturated carbocycles. The Balaban J connectivity index is 2.97. The van der Waals surface area contributed by atoms with Crippen molar-refractivity contribution >= 4 is 11.6 Å². The Morgan fingerprint density at radius 1 is 1.50 bits per heavy atom. The van der Waals surface area contributed by atoms with Crippen LogP contribution in [0.5, 0.6) is 0 Å². The fraction of sp³-hybridized carbons (Fsp3) is 0.455. The zero-order valence-electron chi connectivity index (χ0n) is 8.48. The molecule has 0 saturated heterocycles. The molecule has 0 radical (unpaired) electrons. The van der Waals surface area contributed by atoms with Crippen molar-refractivity contribution in [3.8, 4) is 0 Å². The van der Waals surface area contributed by atoms with Gasteiger partial charge in [-0.2, -0.15) is 0 Å². The van der Waals surface area contributed by atoms with Crippen molar-refractivity contribution in [2.45, 2.75) is 32.2 Å². The highest BCUT2D eigenvalue weighted by atomic mass is 35.5. The quantitative estimate of drug-likeness (QED) is 0.824. The molecule has 0 bridgehead atoms. The summed E-state index contributed by atoms with van der Waals surface area (Å²) in [6.45, 7) is 3.88. The van der Waals surface area contributed by atoms with Crippen LogP contribution in [0.2, 0.25) is 5.02 Å². The molecule has 0 fully saturated rings. The van der Waals surface area contributed by atoms with Gasteiger partial charge in [-0.15, -0.1) is 0 Å². The monoisotopic (exact) mass is 215 g/mol. The summed E-state index contributed by atoms with van der Waals surface area (Å²) in [5.74, 6) is -0.275. The first-order valence-corrected chi connectivity index (χ1v) is 5.06. The van der Waals surface area contributed by atoms with Crippen LogP contribution in [0.25, 0.3) is 0 Å². The van der Waals surface area contributed by atoms with Crippen molar-refractivity contribution in [3.63, 3.8) is 0 Å². The van der Waals surface area contributed by atoms with Crippen LogP contribution in [0.15, 0.2) is 18.2 Å². The molecule has 14 heavy (non-hydrogen) atoms. The second kappa shape index (κ2) is 4.28. The maximum absolute atomic E-state index is 13.4. The van der Waals surface area contributed by atoms with Crippen LogP contribution in [-0.2, 0) is 6.42 Å². The molecule has 0 amide bonds. The van der Waals surface area contributed by atoms with Crippen LogP contribution in [0.3, 0.4) is 0 Å². The van der Waals surface area contributed by atoms with E-state index in [9.17, 15) is 4.39 Å². The highest BCUT2D eigenvalue weighted by Crippen LogP contribution is 2.24. The lowest BCUT2D eigenvalue weighted by molar-refractivity contribution is 0.439. The van der Waals surface area contributed by atoms with Gasteiger partial charge in [0.25, 0.3) is 0 Å². The molecule has 1 aromatic carbocycles. The molecule has 1 atom stereocenters. The van der Waals surface area contributed by atoms with Crippen LogP contribution in [0.1, 0.15) is 25.8 Å². The summed E-state index contributed by atoms with van der Waals surface area (Å²) in [6.07, 6.45) is 1.26. The standard InChI is InChI=1S/C11H15ClFN/c1-3-11(2,14)7-8-9(12)5-4-6-10(8)13/h4-6H,3,7,14H2,1-2H3. The first-order chi connectivity index (χ1) is 6.46. The van der Waals surface area contributed by atoms with E-state index in [1.807, 2.05) is 13.8 Å². The zero-order valence-corrected chi connectivity index (χ0v) is 9.24. The van der Waals surface area contributed by atoms with Crippen molar-refractivity contribution in [2.24, 2.45) is 5.73 Å². The summed E-state index contributed by atoms with van der Waals surface area (Å²) < 4.78 is 13.4. The van der Waals surface area contributed by atoms with Crippen molar-refractivity contribution in [1.29, 1.82) is 0 Å². The first-order valence-electron chi connectivity index (χ1n) is 4.68. The number of rotatable bonds is 3. The second-order valence-electron chi connectivity index (χ2n) is 3.88. The molecule has 0 heterocycles. The lowest BCUT2D eigenvalue weighted by atomic mass is 9.91. The Morgan fingerprint density at radius 2 is 2.14 bits per heavy atom. The van der Waals surface area contributed by atoms with E-state index in [-0.39, 0.29) is 5.82 Å². The topological polar surface area (TPSA) is 26.0 Å². The normalized spacial score (nSPS) is 15.2. The van der Waals surface area contributed by atoms with Crippen LogP contribution in [0, 0.1) is 5.82 Å². The van der Waals surface area contributed by atoms with Gasteiger partial charge in [-0.3, -0.25) is 0 Å². The van der Waals surface area contributed by atoms with Gasteiger partial charge in [-0.1, -0.05) is 24.6 Å². The van der Waals surface area contributed by atoms with Crippen LogP contribution >= 0.6 is 11.6 Å². The van der Waals surface area contributed by atoms with Gasteiger partial charge in [0.05, 0.1) is 0 Å². The summed E-state index contributed by atoms with van der Waals surface area (Å²) in [5, 5.41) is 0.454. The molecule has 1 unspecified atom stereocenters. The van der Waals surface area contributed by atoms with E-state index in [4.69, 9.17) is 17.3 Å². The summed E-state index contributed by atoms with van der Waals surface area (Å²) in [7, 11) is 0. The molecule has 1 rings (SSSR count). The third-order valence-corrected chi connectivity index (χ3v) is 2.80. The Kier molecular flexibility index (Phi) is 3.51. The Hall–Kier alpha value is -0.600. The van der Waals surface area contributed by atoms with Gasteiger partial charge in [0.15, 0.2) is 0 Å². The summed E-state index contributed by atoms with van der Waals surface area (Å²) >= 11 is 5.90. The smallest absolute Gasteiger partial charge is 0.127 e. The molecular formula is C11H15ClFN. The minimum atomic E-state index is -0.397. The van der Waals surface area contributed by atoms with Crippen LogP contribution < -0.4 is 5.73 Å². The van der Waals surface area contributed by atoms with Gasteiger partial charge >= 0.3 is 0 Å². The van der Waals surface area contributed by atoms with E-state index in [2.05, 4.69) is 0 Å². The maximum atomic E-state index is 13.4. The Labute approximate surface area is 89.1 Å². The Morgan fingerprint density at radius 3 is 2.64 bits per heavy atom. The van der Waals surface area contributed by atoms with Crippen molar-refractivity contribution in [2.75, 3.05) is 0 Å². The largest absolute Gasteiger partial charge is 0.325 e. The third-order valence-electron chi connectivity index (χ3n) is 2.45. The molecule has 0 aliphatic carbocycles. The van der Waals surface area contributed by atoms with E-state index < -0.39 is 5.54 Å². The van der Waals surface area contributed by atoms with Gasteiger partial charge in [0.2, 0.25) is 0 Å². The summed E-state index contributed by atoms with van der Waals surface area (Å²) in [4.78, 5) is 0. The zero-order chi connectivity index (χ0) is 10.8. The number of hydrogen-bond acceptors (Lipinski definition) is 1. The number of benzene rings is 1. The number of nitrogens with two attached hydrogens (primary N) is 1. The minimum Gasteiger partial charge on any atom is -0.325 e. The van der Waals surface area contributed by atoms with E-state index in [1.165, 1.54) is 6.07 Å². The fourth-order valence-electron chi connectivity index (χ4n) is 1.23. The number of halogens is 2. The molecular weight excluding hydrogens is 201 g/mol. The average molecular weight is 216 g/mol. The lowest BCUT2D eigenvalue weighted by Gasteiger charge is -2.23. The van der Waals surface area contributed by atoms with Gasteiger partial charge < -0.3 is 5.73 Å². The predicted molar refractivity (Wildman–Crippen MR) is 58.0 cm³/mol. The fourth-order valence-corrected chi connectivity index (χ4v) is 1.46. The number of hydrogen-bond donors (Lipinski definition) is 1. The lowest BCUT2D eigenvalue weighted by Crippen LogP contribution is -2.38. The van der Waals surface area contributed by atoms with Gasteiger partial charge in [0.1, 0.15) is 5.82 Å². The van der Waals surface area contributed by atoms with E-state index in [1.54, 1.807) is 12.1 Å². The summed E-state index contributed by atoms with van der Waals surface area (Å²) in [6, 6.07) is 4.69. The van der Waals surface area contributed by atoms with Crippen LogP contribution in [-0.4, -0.2) is 5.54 Å². The van der Waals surface area contributed by atoms with E-state index in [0.29, 0.717) is 17.0 Å². The van der Waals surface area contributed by atoms with Gasteiger partial charge in [0, 0.05) is 16.1 Å². The Bertz CT molecular complexity index is 303. The second-order valence-corrected chi connectivity index (χ2v) is 4.29. The third kappa shape index (κ3) is 2.69. The molecule has 0 spiro atoms. The van der Waals surface area contributed by atoms with E-state index in [0.717, 1.165) is 6.42 Å². The summed E-state index contributed by atoms with van der Waals surface area (Å²) in [5.41, 5.74) is 6.08. The molecule has 0 aliphatic rings. The average Bonchev–Trinajstić information content (AvgIpc) is 2.12. The molecule has 78 valence electrons. The predicted octanol–water partition coefficient (Wildman–Crippen LogP) is 3.15. The van der Waals surface area contributed by atoms with E-state index >= 15 is 0 Å².